The van der Waals surface area contributed by atoms with Crippen molar-refractivity contribution in [1.29, 1.82) is 0 Å². The van der Waals surface area contributed by atoms with Crippen LogP contribution in [0.15, 0.2) is 16.9 Å². The smallest absolute Gasteiger partial charge is 0.272 e. The maximum absolute atomic E-state index is 12.3. The number of aliphatic hydroxyl groups is 1. The largest absolute Gasteiger partial charge is 0.394 e. The second kappa shape index (κ2) is 6.82. The predicted octanol–water partition coefficient (Wildman–Crippen LogP) is -0.0754. The molecule has 0 radical (unpaired) electrons. The Morgan fingerprint density at radius 1 is 1.48 bits per heavy atom. The van der Waals surface area contributed by atoms with Gasteiger partial charge in [0, 0.05) is 13.2 Å². The topological polar surface area (TPSA) is 93.5 Å². The Labute approximate surface area is 122 Å². The Balaban J connectivity index is 2.13. The summed E-state index contributed by atoms with van der Waals surface area (Å²) in [6.45, 7) is 0.558. The first-order valence-corrected chi connectivity index (χ1v) is 7.11. The number of amides is 1. The summed E-state index contributed by atoms with van der Waals surface area (Å²) in [5.74, 6) is -0.364. The number of rotatable bonds is 6. The lowest BCUT2D eigenvalue weighted by molar-refractivity contribution is 0.0830. The number of carbonyl (C=O) groups excluding carboxylic acids is 1. The zero-order valence-corrected chi connectivity index (χ0v) is 12.2. The van der Waals surface area contributed by atoms with Crippen LogP contribution in [0.3, 0.4) is 0 Å². The fraction of sp³-hybridized carbons (Fsp3) is 0.643. The number of methoxy groups -OCH3 is 1. The number of nitrogens with zero attached hydrogens (tertiary/aromatic N) is 2. The minimum atomic E-state index is -0.549. The van der Waals surface area contributed by atoms with Crippen LogP contribution in [-0.2, 0) is 11.3 Å². The van der Waals surface area contributed by atoms with E-state index in [1.807, 2.05) is 0 Å². The molecule has 2 N–H and O–H groups in total. The van der Waals surface area contributed by atoms with E-state index in [0.29, 0.717) is 13.2 Å². The third-order valence-electron chi connectivity index (χ3n) is 3.85. The van der Waals surface area contributed by atoms with Crippen molar-refractivity contribution >= 4 is 5.91 Å². The predicted molar refractivity (Wildman–Crippen MR) is 76.1 cm³/mol. The molecule has 7 heteroatoms. The standard InChI is InChI=1S/C14H21N3O4/c1-21-9-8-17-12(19)5-4-11(16-17)13(20)15-14(10-18)6-2-3-7-14/h4-5,18H,2-3,6-10H2,1H3,(H,15,20). The van der Waals surface area contributed by atoms with Crippen molar-refractivity contribution in [3.8, 4) is 0 Å². The summed E-state index contributed by atoms with van der Waals surface area (Å²) >= 11 is 0. The second-order valence-corrected chi connectivity index (χ2v) is 5.37. The molecule has 0 atom stereocenters. The monoisotopic (exact) mass is 295 g/mol. The molecule has 1 aliphatic rings. The van der Waals surface area contributed by atoms with E-state index in [4.69, 9.17) is 4.74 Å². The van der Waals surface area contributed by atoms with E-state index < -0.39 is 5.54 Å². The van der Waals surface area contributed by atoms with Crippen molar-refractivity contribution in [3.05, 3.63) is 28.2 Å². The van der Waals surface area contributed by atoms with Crippen molar-refractivity contribution in [2.75, 3.05) is 20.3 Å². The van der Waals surface area contributed by atoms with E-state index in [1.54, 1.807) is 0 Å². The SMILES string of the molecule is COCCn1nc(C(=O)NC2(CO)CCCC2)ccc1=O. The average Bonchev–Trinajstić information content (AvgIpc) is 2.95. The third-order valence-corrected chi connectivity index (χ3v) is 3.85. The molecule has 7 nitrogen and oxygen atoms in total. The number of hydrogen-bond acceptors (Lipinski definition) is 5. The minimum absolute atomic E-state index is 0.0813. The molecule has 0 unspecified atom stereocenters. The fourth-order valence-corrected chi connectivity index (χ4v) is 2.59. The van der Waals surface area contributed by atoms with Gasteiger partial charge in [-0.2, -0.15) is 5.10 Å². The zero-order chi connectivity index (χ0) is 15.3. The molecule has 1 fully saturated rings. The molecule has 1 amide bonds. The lowest BCUT2D eigenvalue weighted by Gasteiger charge is -2.27. The highest BCUT2D eigenvalue weighted by molar-refractivity contribution is 5.92. The quantitative estimate of drug-likeness (QED) is 0.766. The van der Waals surface area contributed by atoms with E-state index in [9.17, 15) is 14.7 Å². The normalized spacial score (nSPS) is 16.9. The molecule has 0 spiro atoms. The highest BCUT2D eigenvalue weighted by Gasteiger charge is 2.35. The summed E-state index contributed by atoms with van der Waals surface area (Å²) in [5.41, 5.74) is -0.654. The van der Waals surface area contributed by atoms with E-state index in [1.165, 1.54) is 23.9 Å². The highest BCUT2D eigenvalue weighted by Crippen LogP contribution is 2.29. The van der Waals surface area contributed by atoms with Crippen molar-refractivity contribution in [2.45, 2.75) is 37.8 Å². The van der Waals surface area contributed by atoms with Gasteiger partial charge in [-0.15, -0.1) is 0 Å². The van der Waals surface area contributed by atoms with Crippen LogP contribution in [-0.4, -0.2) is 46.7 Å². The lowest BCUT2D eigenvalue weighted by atomic mass is 9.99. The molecule has 2 rings (SSSR count). The Hall–Kier alpha value is -1.73. The summed E-state index contributed by atoms with van der Waals surface area (Å²) in [6.07, 6.45) is 3.50. The Bertz CT molecular complexity index is 549. The summed E-state index contributed by atoms with van der Waals surface area (Å²) in [7, 11) is 1.53. The lowest BCUT2D eigenvalue weighted by Crippen LogP contribution is -2.49. The molecule has 116 valence electrons. The molecule has 1 saturated carbocycles. The van der Waals surface area contributed by atoms with E-state index in [0.717, 1.165) is 25.7 Å². The van der Waals surface area contributed by atoms with Crippen LogP contribution in [0.2, 0.25) is 0 Å². The van der Waals surface area contributed by atoms with Crippen LogP contribution in [0.5, 0.6) is 0 Å². The van der Waals surface area contributed by atoms with Gasteiger partial charge in [0.05, 0.1) is 25.3 Å². The number of aromatic nitrogens is 2. The first-order chi connectivity index (χ1) is 10.1. The summed E-state index contributed by atoms with van der Waals surface area (Å²) in [5, 5.41) is 16.4. The van der Waals surface area contributed by atoms with Crippen LogP contribution in [0.25, 0.3) is 0 Å². The summed E-state index contributed by atoms with van der Waals surface area (Å²) < 4.78 is 6.12. The van der Waals surface area contributed by atoms with Gasteiger partial charge in [-0.05, 0) is 18.9 Å². The van der Waals surface area contributed by atoms with Crippen LogP contribution in [0.1, 0.15) is 36.2 Å². The van der Waals surface area contributed by atoms with Gasteiger partial charge in [-0.3, -0.25) is 9.59 Å². The Morgan fingerprint density at radius 3 is 2.81 bits per heavy atom. The van der Waals surface area contributed by atoms with Crippen molar-refractivity contribution in [2.24, 2.45) is 0 Å². The van der Waals surface area contributed by atoms with E-state index in [-0.39, 0.29) is 23.8 Å². The van der Waals surface area contributed by atoms with Crippen LogP contribution < -0.4 is 10.9 Å². The van der Waals surface area contributed by atoms with Gasteiger partial charge in [0.25, 0.3) is 11.5 Å². The van der Waals surface area contributed by atoms with E-state index in [2.05, 4.69) is 10.4 Å². The molecule has 1 aromatic heterocycles. The first kappa shape index (κ1) is 15.7. The van der Waals surface area contributed by atoms with Gasteiger partial charge in [0.1, 0.15) is 5.69 Å². The molecule has 0 bridgehead atoms. The van der Waals surface area contributed by atoms with Gasteiger partial charge in [0.2, 0.25) is 0 Å². The number of hydrogen-bond donors (Lipinski definition) is 2. The summed E-state index contributed by atoms with van der Waals surface area (Å²) in [4.78, 5) is 23.9. The zero-order valence-electron chi connectivity index (χ0n) is 12.2. The molecular formula is C14H21N3O4. The Morgan fingerprint density at radius 2 is 2.19 bits per heavy atom. The van der Waals surface area contributed by atoms with E-state index >= 15 is 0 Å². The molecule has 1 heterocycles. The Kier molecular flexibility index (Phi) is 5.08. The molecule has 0 aliphatic heterocycles. The van der Waals surface area contributed by atoms with Crippen molar-refractivity contribution < 1.29 is 14.6 Å². The maximum atomic E-state index is 12.3. The maximum Gasteiger partial charge on any atom is 0.272 e. The number of aliphatic hydroxyl groups excluding tert-OH is 1. The van der Waals surface area contributed by atoms with Crippen LogP contribution >= 0.6 is 0 Å². The van der Waals surface area contributed by atoms with Gasteiger partial charge < -0.3 is 15.2 Å². The third kappa shape index (κ3) is 3.68. The van der Waals surface area contributed by atoms with Crippen molar-refractivity contribution in [3.63, 3.8) is 0 Å². The number of ether oxygens (including phenoxy) is 1. The van der Waals surface area contributed by atoms with Gasteiger partial charge in [0.15, 0.2) is 0 Å². The number of carbonyl (C=O) groups is 1. The molecule has 0 saturated heterocycles. The van der Waals surface area contributed by atoms with Gasteiger partial charge in [-0.25, -0.2) is 4.68 Å². The van der Waals surface area contributed by atoms with Crippen LogP contribution in [0, 0.1) is 0 Å². The average molecular weight is 295 g/mol. The highest BCUT2D eigenvalue weighted by atomic mass is 16.5. The minimum Gasteiger partial charge on any atom is -0.394 e. The second-order valence-electron chi connectivity index (χ2n) is 5.37. The van der Waals surface area contributed by atoms with Gasteiger partial charge in [-0.1, -0.05) is 12.8 Å². The molecule has 21 heavy (non-hydrogen) atoms. The van der Waals surface area contributed by atoms with Crippen molar-refractivity contribution in [1.82, 2.24) is 15.1 Å². The molecule has 1 aliphatic carbocycles. The molecule has 1 aromatic rings. The molecule has 0 aromatic carbocycles. The van der Waals surface area contributed by atoms with Crippen LogP contribution in [0.4, 0.5) is 0 Å². The number of nitrogens with one attached hydrogen (secondary N) is 1. The van der Waals surface area contributed by atoms with Gasteiger partial charge >= 0.3 is 0 Å². The fourth-order valence-electron chi connectivity index (χ4n) is 2.59. The molecular weight excluding hydrogens is 274 g/mol. The first-order valence-electron chi connectivity index (χ1n) is 7.11. The summed E-state index contributed by atoms with van der Waals surface area (Å²) in [6, 6.07) is 2.72.